The number of likely N-dealkylation sites (tertiary alicyclic amines) is 1. The summed E-state index contributed by atoms with van der Waals surface area (Å²) >= 11 is 1.50. The van der Waals surface area contributed by atoms with Crippen LogP contribution in [0, 0.1) is 6.92 Å². The van der Waals surface area contributed by atoms with E-state index >= 15 is 0 Å². The molecule has 2 rings (SSSR count). The van der Waals surface area contributed by atoms with Crippen molar-refractivity contribution < 1.29 is 9.90 Å². The zero-order chi connectivity index (χ0) is 11.8. The van der Waals surface area contributed by atoms with Gasteiger partial charge in [-0.05, 0) is 43.7 Å². The lowest BCUT2D eigenvalue weighted by molar-refractivity contribution is -0.00189. The third-order valence-corrected chi connectivity index (χ3v) is 4.19. The predicted octanol–water partition coefficient (Wildman–Crippen LogP) is 2.04. The van der Waals surface area contributed by atoms with Crippen molar-refractivity contribution in [2.24, 2.45) is 0 Å². The van der Waals surface area contributed by atoms with Gasteiger partial charge in [-0.2, -0.15) is 0 Å². The molecule has 1 N–H and O–H groups in total. The molecule has 4 heteroatoms. The number of aliphatic hydroxyl groups is 1. The number of aryl methyl sites for hydroxylation is 1. The maximum absolute atomic E-state index is 12.1. The molecule has 1 aliphatic rings. The molecule has 3 nitrogen and oxygen atoms in total. The fraction of sp³-hybridized carbons (Fsp3) is 0.583. The SMILES string of the molecule is Cc1ccsc1C(=O)N1CCC(C)(O)CC1. The van der Waals surface area contributed by atoms with Crippen molar-refractivity contribution in [2.75, 3.05) is 13.1 Å². The molecule has 1 amide bonds. The number of nitrogens with zero attached hydrogens (tertiary/aromatic N) is 1. The second kappa shape index (κ2) is 4.18. The minimum atomic E-state index is -0.596. The third-order valence-electron chi connectivity index (χ3n) is 3.18. The van der Waals surface area contributed by atoms with Gasteiger partial charge in [-0.1, -0.05) is 0 Å². The highest BCUT2D eigenvalue weighted by atomic mass is 32.1. The van der Waals surface area contributed by atoms with E-state index in [4.69, 9.17) is 0 Å². The molecule has 0 spiro atoms. The van der Waals surface area contributed by atoms with E-state index in [1.54, 1.807) is 0 Å². The molecule has 2 heterocycles. The molecule has 88 valence electrons. The van der Waals surface area contributed by atoms with E-state index in [0.29, 0.717) is 25.9 Å². The lowest BCUT2D eigenvalue weighted by atomic mass is 9.94. The highest BCUT2D eigenvalue weighted by Gasteiger charge is 2.30. The average Bonchev–Trinajstić information content (AvgIpc) is 2.63. The van der Waals surface area contributed by atoms with Gasteiger partial charge in [0, 0.05) is 13.1 Å². The van der Waals surface area contributed by atoms with Crippen molar-refractivity contribution >= 4 is 17.2 Å². The second-order valence-corrected chi connectivity index (χ2v) is 5.64. The first-order chi connectivity index (χ1) is 7.49. The average molecular weight is 239 g/mol. The Bertz CT molecular complexity index is 387. The van der Waals surface area contributed by atoms with E-state index in [0.717, 1.165) is 10.4 Å². The molecular weight excluding hydrogens is 222 g/mol. The van der Waals surface area contributed by atoms with Crippen LogP contribution in [0.5, 0.6) is 0 Å². The largest absolute Gasteiger partial charge is 0.390 e. The molecule has 1 fully saturated rings. The van der Waals surface area contributed by atoms with Gasteiger partial charge in [0.2, 0.25) is 0 Å². The second-order valence-electron chi connectivity index (χ2n) is 4.72. The van der Waals surface area contributed by atoms with Crippen LogP contribution in [0.2, 0.25) is 0 Å². The molecule has 0 aromatic carbocycles. The number of thiophene rings is 1. The lowest BCUT2D eigenvalue weighted by Crippen LogP contribution is -2.45. The van der Waals surface area contributed by atoms with Gasteiger partial charge in [-0.3, -0.25) is 4.79 Å². The maximum atomic E-state index is 12.1. The van der Waals surface area contributed by atoms with Gasteiger partial charge in [0.05, 0.1) is 10.5 Å². The summed E-state index contributed by atoms with van der Waals surface area (Å²) in [6.07, 6.45) is 1.34. The van der Waals surface area contributed by atoms with E-state index < -0.39 is 5.60 Å². The Morgan fingerprint density at radius 2 is 2.12 bits per heavy atom. The van der Waals surface area contributed by atoms with E-state index in [9.17, 15) is 9.90 Å². The minimum absolute atomic E-state index is 0.114. The van der Waals surface area contributed by atoms with E-state index in [1.165, 1.54) is 11.3 Å². The van der Waals surface area contributed by atoms with Crippen LogP contribution in [0.4, 0.5) is 0 Å². The fourth-order valence-electron chi connectivity index (χ4n) is 1.93. The summed E-state index contributed by atoms with van der Waals surface area (Å²) in [4.78, 5) is 14.8. The Morgan fingerprint density at radius 3 is 2.62 bits per heavy atom. The molecule has 1 saturated heterocycles. The van der Waals surface area contributed by atoms with Crippen LogP contribution in [-0.4, -0.2) is 34.6 Å². The number of carbonyl (C=O) groups is 1. The molecule has 0 aliphatic carbocycles. The van der Waals surface area contributed by atoms with Gasteiger partial charge in [0.25, 0.3) is 5.91 Å². The van der Waals surface area contributed by atoms with Gasteiger partial charge in [-0.25, -0.2) is 0 Å². The quantitative estimate of drug-likeness (QED) is 0.814. The van der Waals surface area contributed by atoms with Gasteiger partial charge in [0.1, 0.15) is 0 Å². The van der Waals surface area contributed by atoms with Crippen molar-refractivity contribution in [1.29, 1.82) is 0 Å². The molecule has 16 heavy (non-hydrogen) atoms. The normalized spacial score (nSPS) is 19.8. The van der Waals surface area contributed by atoms with E-state index in [2.05, 4.69) is 0 Å². The Kier molecular flexibility index (Phi) is 3.04. The first-order valence-corrected chi connectivity index (χ1v) is 6.43. The number of hydrogen-bond donors (Lipinski definition) is 1. The molecule has 0 atom stereocenters. The van der Waals surface area contributed by atoms with E-state index in [1.807, 2.05) is 30.2 Å². The molecular formula is C12H17NO2S. The topological polar surface area (TPSA) is 40.5 Å². The van der Waals surface area contributed by atoms with Gasteiger partial charge >= 0.3 is 0 Å². The summed E-state index contributed by atoms with van der Waals surface area (Å²) in [6, 6.07) is 1.97. The summed E-state index contributed by atoms with van der Waals surface area (Å²) < 4.78 is 0. The van der Waals surface area contributed by atoms with Crippen molar-refractivity contribution in [2.45, 2.75) is 32.3 Å². The summed E-state index contributed by atoms with van der Waals surface area (Å²) in [6.45, 7) is 5.11. The summed E-state index contributed by atoms with van der Waals surface area (Å²) in [5.41, 5.74) is 0.452. The Labute approximate surface area is 99.7 Å². The zero-order valence-electron chi connectivity index (χ0n) is 9.69. The zero-order valence-corrected chi connectivity index (χ0v) is 10.5. The highest BCUT2D eigenvalue weighted by molar-refractivity contribution is 7.12. The number of rotatable bonds is 1. The van der Waals surface area contributed by atoms with Crippen LogP contribution in [-0.2, 0) is 0 Å². The molecule has 0 bridgehead atoms. The Morgan fingerprint density at radius 1 is 1.50 bits per heavy atom. The predicted molar refractivity (Wildman–Crippen MR) is 64.8 cm³/mol. The van der Waals surface area contributed by atoms with Crippen LogP contribution < -0.4 is 0 Å². The van der Waals surface area contributed by atoms with Gasteiger partial charge in [-0.15, -0.1) is 11.3 Å². The number of amides is 1. The summed E-state index contributed by atoms with van der Waals surface area (Å²) in [5.74, 6) is 0.114. The molecule has 1 aliphatic heterocycles. The van der Waals surface area contributed by atoms with Gasteiger partial charge in [0.15, 0.2) is 0 Å². The minimum Gasteiger partial charge on any atom is -0.390 e. The summed E-state index contributed by atoms with van der Waals surface area (Å²) in [7, 11) is 0. The standard InChI is InChI=1S/C12H17NO2S/c1-9-3-8-16-10(9)11(14)13-6-4-12(2,15)5-7-13/h3,8,15H,4-7H2,1-2H3. The van der Waals surface area contributed by atoms with Crippen LogP contribution >= 0.6 is 11.3 Å². The van der Waals surface area contributed by atoms with Crippen LogP contribution in [0.1, 0.15) is 35.0 Å². The third kappa shape index (κ3) is 2.28. The number of carbonyl (C=O) groups excluding carboxylic acids is 1. The van der Waals surface area contributed by atoms with Crippen LogP contribution in [0.15, 0.2) is 11.4 Å². The Balaban J connectivity index is 2.05. The van der Waals surface area contributed by atoms with Crippen LogP contribution in [0.25, 0.3) is 0 Å². The van der Waals surface area contributed by atoms with E-state index in [-0.39, 0.29) is 5.91 Å². The maximum Gasteiger partial charge on any atom is 0.264 e. The fourth-order valence-corrected chi connectivity index (χ4v) is 2.82. The molecule has 0 unspecified atom stereocenters. The number of hydrogen-bond acceptors (Lipinski definition) is 3. The molecule has 0 radical (unpaired) electrons. The smallest absolute Gasteiger partial charge is 0.264 e. The van der Waals surface area contributed by atoms with Crippen molar-refractivity contribution in [1.82, 2.24) is 4.90 Å². The van der Waals surface area contributed by atoms with Crippen LogP contribution in [0.3, 0.4) is 0 Å². The van der Waals surface area contributed by atoms with Gasteiger partial charge < -0.3 is 10.0 Å². The first-order valence-electron chi connectivity index (χ1n) is 5.55. The molecule has 0 saturated carbocycles. The Hall–Kier alpha value is -0.870. The number of piperidine rings is 1. The van der Waals surface area contributed by atoms with Crippen molar-refractivity contribution in [3.8, 4) is 0 Å². The van der Waals surface area contributed by atoms with Crippen molar-refractivity contribution in [3.05, 3.63) is 21.9 Å². The molecule has 1 aromatic rings. The molecule has 1 aromatic heterocycles. The first kappa shape index (κ1) is 11.6. The van der Waals surface area contributed by atoms with Crippen molar-refractivity contribution in [3.63, 3.8) is 0 Å². The summed E-state index contributed by atoms with van der Waals surface area (Å²) in [5, 5.41) is 11.8. The highest BCUT2D eigenvalue weighted by Crippen LogP contribution is 2.24. The lowest BCUT2D eigenvalue weighted by Gasteiger charge is -2.35. The monoisotopic (exact) mass is 239 g/mol.